The van der Waals surface area contributed by atoms with E-state index in [-0.39, 0.29) is 18.2 Å². The number of esters is 1. The molecule has 1 unspecified atom stereocenters. The summed E-state index contributed by atoms with van der Waals surface area (Å²) in [5.74, 6) is -1.49. The molecule has 0 fully saturated rings. The molecule has 0 saturated carbocycles. The summed E-state index contributed by atoms with van der Waals surface area (Å²) >= 11 is 0. The van der Waals surface area contributed by atoms with Crippen molar-refractivity contribution in [3.63, 3.8) is 0 Å². The molecule has 0 radical (unpaired) electrons. The van der Waals surface area contributed by atoms with Gasteiger partial charge in [-0.05, 0) is 38.1 Å². The molecule has 158 valence electrons. The highest BCUT2D eigenvalue weighted by Crippen LogP contribution is 2.34. The Morgan fingerprint density at radius 2 is 1.90 bits per heavy atom. The van der Waals surface area contributed by atoms with Crippen LogP contribution in [-0.4, -0.2) is 43.0 Å². The Hall–Kier alpha value is -3.70. The predicted octanol–water partition coefficient (Wildman–Crippen LogP) is 2.86. The van der Waals surface area contributed by atoms with Gasteiger partial charge < -0.3 is 10.1 Å². The van der Waals surface area contributed by atoms with Gasteiger partial charge in [-0.15, -0.1) is 0 Å². The van der Waals surface area contributed by atoms with Crippen molar-refractivity contribution < 1.29 is 27.5 Å². The van der Waals surface area contributed by atoms with Crippen molar-refractivity contribution >= 4 is 17.6 Å². The lowest BCUT2D eigenvalue weighted by atomic mass is 10.2. The highest BCUT2D eigenvalue weighted by atomic mass is 19.4. The lowest BCUT2D eigenvalue weighted by molar-refractivity contribution is -0.143. The zero-order chi connectivity index (χ0) is 21.9. The molecule has 2 aromatic heterocycles. The number of carbonyl (C=O) groups excluding carboxylic acids is 2. The Morgan fingerprint density at radius 3 is 2.47 bits per heavy atom. The third-order valence-corrected chi connectivity index (χ3v) is 4.13. The van der Waals surface area contributed by atoms with Crippen LogP contribution in [0.3, 0.4) is 0 Å². The van der Waals surface area contributed by atoms with Gasteiger partial charge >= 0.3 is 12.1 Å². The second kappa shape index (κ2) is 8.35. The Kier molecular flexibility index (Phi) is 5.85. The quantitative estimate of drug-likeness (QED) is 0.613. The standard InChI is InChI=1S/C18H17F3N6O3/c1-3-30-17(29)14-8-23-27(15(14)18(19,20)21)13-6-4-12(5-7-13)25-16(28)11(2)26-10-22-9-24-26/h4-11H,3H2,1-2H3,(H,25,28). The number of alkyl halides is 3. The molecule has 1 atom stereocenters. The second-order valence-corrected chi connectivity index (χ2v) is 6.12. The number of nitrogens with one attached hydrogen (secondary N) is 1. The molecule has 0 aliphatic carbocycles. The van der Waals surface area contributed by atoms with Gasteiger partial charge in [-0.1, -0.05) is 0 Å². The molecule has 1 aromatic carbocycles. The Bertz CT molecular complexity index is 1030. The summed E-state index contributed by atoms with van der Waals surface area (Å²) in [6.45, 7) is 3.05. The van der Waals surface area contributed by atoms with E-state index in [1.54, 1.807) is 6.92 Å². The maximum Gasteiger partial charge on any atom is 0.434 e. The third kappa shape index (κ3) is 4.31. The summed E-state index contributed by atoms with van der Waals surface area (Å²) < 4.78 is 47.3. The van der Waals surface area contributed by atoms with Crippen LogP contribution in [-0.2, 0) is 15.7 Å². The van der Waals surface area contributed by atoms with Crippen LogP contribution in [0.25, 0.3) is 5.69 Å². The second-order valence-electron chi connectivity index (χ2n) is 6.12. The lowest BCUT2D eigenvalue weighted by Crippen LogP contribution is -2.24. The molecule has 0 saturated heterocycles. The molecule has 0 spiro atoms. The summed E-state index contributed by atoms with van der Waals surface area (Å²) in [4.78, 5) is 27.9. The molecule has 3 aromatic rings. The molecule has 1 N–H and O–H groups in total. The normalized spacial score (nSPS) is 12.4. The van der Waals surface area contributed by atoms with Crippen molar-refractivity contribution in [3.8, 4) is 5.69 Å². The van der Waals surface area contributed by atoms with E-state index in [1.807, 2.05) is 0 Å². The number of hydrogen-bond donors (Lipinski definition) is 1. The first-order valence-corrected chi connectivity index (χ1v) is 8.80. The molecular formula is C18H17F3N6O3. The summed E-state index contributed by atoms with van der Waals surface area (Å²) in [6, 6.07) is 4.89. The van der Waals surface area contributed by atoms with Crippen molar-refractivity contribution in [3.05, 3.63) is 54.4 Å². The number of nitrogens with zero attached hydrogens (tertiary/aromatic N) is 5. The smallest absolute Gasteiger partial charge is 0.434 e. The fourth-order valence-corrected chi connectivity index (χ4v) is 2.65. The fourth-order valence-electron chi connectivity index (χ4n) is 2.65. The van der Waals surface area contributed by atoms with Gasteiger partial charge in [0.2, 0.25) is 5.91 Å². The average Bonchev–Trinajstić information content (AvgIpc) is 3.38. The van der Waals surface area contributed by atoms with Crippen LogP contribution < -0.4 is 5.32 Å². The molecule has 1 amide bonds. The monoisotopic (exact) mass is 422 g/mol. The lowest BCUT2D eigenvalue weighted by Gasteiger charge is -2.14. The van der Waals surface area contributed by atoms with Crippen LogP contribution >= 0.6 is 0 Å². The highest BCUT2D eigenvalue weighted by Gasteiger charge is 2.41. The molecule has 0 bridgehead atoms. The molecule has 2 heterocycles. The SMILES string of the molecule is CCOC(=O)c1cnn(-c2ccc(NC(=O)C(C)n3cncn3)cc2)c1C(F)(F)F. The summed E-state index contributed by atoms with van der Waals surface area (Å²) in [5.41, 5.74) is -1.50. The molecule has 3 rings (SSSR count). The first kappa shape index (κ1) is 21.0. The Balaban J connectivity index is 1.84. The maximum absolute atomic E-state index is 13.6. The van der Waals surface area contributed by atoms with E-state index in [9.17, 15) is 22.8 Å². The van der Waals surface area contributed by atoms with Gasteiger partial charge in [-0.3, -0.25) is 4.79 Å². The number of carbonyl (C=O) groups is 2. The number of ether oxygens (including phenoxy) is 1. The van der Waals surface area contributed by atoms with Crippen molar-refractivity contribution in [2.45, 2.75) is 26.1 Å². The molecule has 30 heavy (non-hydrogen) atoms. The first-order valence-electron chi connectivity index (χ1n) is 8.80. The Morgan fingerprint density at radius 1 is 1.20 bits per heavy atom. The summed E-state index contributed by atoms with van der Waals surface area (Å²) in [6.07, 6.45) is -1.33. The topological polar surface area (TPSA) is 104 Å². The number of rotatable bonds is 6. The van der Waals surface area contributed by atoms with E-state index < -0.39 is 29.4 Å². The zero-order valence-corrected chi connectivity index (χ0v) is 15.9. The van der Waals surface area contributed by atoms with E-state index in [4.69, 9.17) is 0 Å². The van der Waals surface area contributed by atoms with Crippen LogP contribution in [0.4, 0.5) is 18.9 Å². The number of hydrogen-bond acceptors (Lipinski definition) is 6. The number of aromatic nitrogens is 5. The van der Waals surface area contributed by atoms with Crippen molar-refractivity contribution in [2.24, 2.45) is 0 Å². The van der Waals surface area contributed by atoms with Crippen LogP contribution in [0.15, 0.2) is 43.1 Å². The first-order chi connectivity index (χ1) is 14.2. The number of benzene rings is 1. The molecule has 9 nitrogen and oxygen atoms in total. The van der Waals surface area contributed by atoms with Crippen molar-refractivity contribution in [1.82, 2.24) is 24.5 Å². The van der Waals surface area contributed by atoms with Crippen LogP contribution in [0, 0.1) is 0 Å². The fraction of sp³-hybridized carbons (Fsp3) is 0.278. The number of halogens is 3. The third-order valence-electron chi connectivity index (χ3n) is 4.13. The number of amides is 1. The van der Waals surface area contributed by atoms with Gasteiger partial charge in [0.05, 0.1) is 18.5 Å². The van der Waals surface area contributed by atoms with Crippen molar-refractivity contribution in [1.29, 1.82) is 0 Å². The highest BCUT2D eigenvalue weighted by molar-refractivity contribution is 5.93. The van der Waals surface area contributed by atoms with Gasteiger partial charge in [0.15, 0.2) is 5.69 Å². The molecular weight excluding hydrogens is 405 g/mol. The van der Waals surface area contributed by atoms with Crippen LogP contribution in [0.2, 0.25) is 0 Å². The zero-order valence-electron chi connectivity index (χ0n) is 15.9. The van der Waals surface area contributed by atoms with Gasteiger partial charge in [0.1, 0.15) is 24.3 Å². The van der Waals surface area contributed by atoms with Gasteiger partial charge in [-0.25, -0.2) is 19.1 Å². The van der Waals surface area contributed by atoms with E-state index in [2.05, 4.69) is 25.2 Å². The van der Waals surface area contributed by atoms with Crippen molar-refractivity contribution in [2.75, 3.05) is 11.9 Å². The minimum absolute atomic E-state index is 0.0557. The minimum atomic E-state index is -4.83. The van der Waals surface area contributed by atoms with E-state index in [0.29, 0.717) is 10.4 Å². The maximum atomic E-state index is 13.6. The number of anilines is 1. The Labute approximate surface area is 168 Å². The van der Waals surface area contributed by atoms with E-state index in [1.165, 1.54) is 48.5 Å². The van der Waals surface area contributed by atoms with Crippen LogP contribution in [0.1, 0.15) is 35.9 Å². The van der Waals surface area contributed by atoms with Gasteiger partial charge in [-0.2, -0.15) is 23.4 Å². The van der Waals surface area contributed by atoms with Gasteiger partial charge in [0.25, 0.3) is 0 Å². The predicted molar refractivity (Wildman–Crippen MR) is 97.9 cm³/mol. The summed E-state index contributed by atoms with van der Waals surface area (Å²) in [5, 5.41) is 10.2. The minimum Gasteiger partial charge on any atom is -0.462 e. The summed E-state index contributed by atoms with van der Waals surface area (Å²) in [7, 11) is 0. The molecule has 0 aliphatic heterocycles. The largest absolute Gasteiger partial charge is 0.462 e. The average molecular weight is 422 g/mol. The van der Waals surface area contributed by atoms with Gasteiger partial charge in [0, 0.05) is 5.69 Å². The van der Waals surface area contributed by atoms with Crippen LogP contribution in [0.5, 0.6) is 0 Å². The molecule has 0 aliphatic rings. The molecule has 12 heteroatoms. The van der Waals surface area contributed by atoms with E-state index in [0.717, 1.165) is 6.20 Å². The van der Waals surface area contributed by atoms with E-state index >= 15 is 0 Å².